The van der Waals surface area contributed by atoms with Crippen LogP contribution in [-0.4, -0.2) is 82.4 Å². The van der Waals surface area contributed by atoms with Crippen LogP contribution in [0.1, 0.15) is 88.3 Å². The van der Waals surface area contributed by atoms with Crippen LogP contribution >= 0.6 is 0 Å². The van der Waals surface area contributed by atoms with Crippen molar-refractivity contribution in [2.24, 2.45) is 0 Å². The SMILES string of the molecule is C=C(NCCN(C)CC)n1c(C/C=C\C)nc(CNC)c1CN1CCCC(O)CC1.CC.c1cnc2c(c1)CCCC2. The standard InChI is InChI=1S/C23H42N6O.C9H11N.C2H6/c1-6-8-11-23-26-21(17-24-4)22(18-28-14-9-10-20(30)12-15-28)29(23)19(3)25-13-16-27(5)7-2;1-2-6-9-8(4-1)5-3-7-10-9;1-2/h6,8,20,24-25,30H,3,7,9-18H2,1-2,4-5H3;3,5,7H,1-2,4,6H2;1-2H3/b8-6-;;. The highest BCUT2D eigenvalue weighted by atomic mass is 16.3. The fraction of sp³-hybridized carbons (Fsp3) is 0.647. The molecule has 2 aliphatic rings. The average molecular weight is 582 g/mol. The van der Waals surface area contributed by atoms with Crippen molar-refractivity contribution >= 4 is 5.82 Å². The van der Waals surface area contributed by atoms with Gasteiger partial charge < -0.3 is 20.6 Å². The third-order valence-electron chi connectivity index (χ3n) is 7.90. The lowest BCUT2D eigenvalue weighted by atomic mass is 9.96. The Bertz CT molecular complexity index is 1040. The largest absolute Gasteiger partial charge is 0.393 e. The smallest absolute Gasteiger partial charge is 0.118 e. The van der Waals surface area contributed by atoms with Crippen molar-refractivity contribution in [3.63, 3.8) is 0 Å². The number of allylic oxidation sites excluding steroid dienone is 2. The molecule has 3 heterocycles. The summed E-state index contributed by atoms with van der Waals surface area (Å²) in [7, 11) is 4.09. The van der Waals surface area contributed by atoms with E-state index in [9.17, 15) is 5.11 Å². The van der Waals surface area contributed by atoms with Crippen LogP contribution in [0.4, 0.5) is 0 Å². The molecular formula is C34H59N7O. The average Bonchev–Trinajstić information content (AvgIpc) is 3.21. The van der Waals surface area contributed by atoms with Gasteiger partial charge in [0, 0.05) is 51.0 Å². The van der Waals surface area contributed by atoms with Crippen LogP contribution < -0.4 is 10.6 Å². The number of aromatic nitrogens is 3. The Morgan fingerprint density at radius 1 is 1.19 bits per heavy atom. The molecule has 2 aromatic heterocycles. The summed E-state index contributed by atoms with van der Waals surface area (Å²) in [6, 6.07) is 4.23. The number of rotatable bonds is 12. The van der Waals surface area contributed by atoms with E-state index in [1.165, 1.54) is 42.6 Å². The van der Waals surface area contributed by atoms with E-state index in [1.54, 1.807) is 0 Å². The first kappa shape index (κ1) is 35.7. The van der Waals surface area contributed by atoms with Gasteiger partial charge in [-0.1, -0.05) is 45.6 Å². The van der Waals surface area contributed by atoms with Crippen LogP contribution in [0.25, 0.3) is 5.82 Å². The summed E-state index contributed by atoms with van der Waals surface area (Å²) in [5.41, 5.74) is 5.07. The molecule has 0 saturated carbocycles. The van der Waals surface area contributed by atoms with E-state index in [1.807, 2.05) is 40.1 Å². The van der Waals surface area contributed by atoms with Crippen molar-refractivity contribution in [1.29, 1.82) is 0 Å². The molecule has 0 aromatic carbocycles. The molecule has 1 saturated heterocycles. The van der Waals surface area contributed by atoms with Crippen molar-refractivity contribution in [2.75, 3.05) is 46.8 Å². The Morgan fingerprint density at radius 3 is 2.69 bits per heavy atom. The Hall–Kier alpha value is -2.52. The molecule has 0 bridgehead atoms. The summed E-state index contributed by atoms with van der Waals surface area (Å²) < 4.78 is 2.22. The normalized spacial score (nSPS) is 17.1. The lowest BCUT2D eigenvalue weighted by molar-refractivity contribution is 0.154. The zero-order chi connectivity index (χ0) is 30.7. The number of hydrogen-bond acceptors (Lipinski definition) is 7. The first-order chi connectivity index (χ1) is 20.5. The fourth-order valence-corrected chi connectivity index (χ4v) is 5.37. The highest BCUT2D eigenvalue weighted by Crippen LogP contribution is 2.22. The van der Waals surface area contributed by atoms with Crippen LogP contribution in [0.15, 0.2) is 37.1 Å². The summed E-state index contributed by atoms with van der Waals surface area (Å²) in [6.07, 6.45) is 14.6. The summed E-state index contributed by atoms with van der Waals surface area (Å²) >= 11 is 0. The predicted octanol–water partition coefficient (Wildman–Crippen LogP) is 5.02. The number of hydrogen-bond donors (Lipinski definition) is 3. The molecule has 236 valence electrons. The number of aliphatic hydroxyl groups excluding tert-OH is 1. The van der Waals surface area contributed by atoms with Gasteiger partial charge in [-0.25, -0.2) is 4.98 Å². The first-order valence-electron chi connectivity index (χ1n) is 16.3. The summed E-state index contributed by atoms with van der Waals surface area (Å²) in [5, 5.41) is 16.8. The molecule has 1 fully saturated rings. The van der Waals surface area contributed by atoms with Crippen molar-refractivity contribution in [1.82, 2.24) is 35.0 Å². The Kier molecular flexibility index (Phi) is 17.3. The maximum Gasteiger partial charge on any atom is 0.118 e. The van der Waals surface area contributed by atoms with E-state index in [0.717, 1.165) is 88.8 Å². The van der Waals surface area contributed by atoms with Crippen LogP contribution in [-0.2, 0) is 32.4 Å². The molecule has 8 nitrogen and oxygen atoms in total. The van der Waals surface area contributed by atoms with Gasteiger partial charge in [0.05, 0.1) is 17.5 Å². The molecule has 0 radical (unpaired) electrons. The second kappa shape index (κ2) is 20.4. The van der Waals surface area contributed by atoms with Gasteiger partial charge >= 0.3 is 0 Å². The van der Waals surface area contributed by atoms with E-state index in [4.69, 9.17) is 4.98 Å². The number of nitrogens with one attached hydrogen (secondary N) is 2. The lowest BCUT2D eigenvalue weighted by Gasteiger charge is -2.23. The molecule has 2 aromatic rings. The number of imidazole rings is 1. The number of fused-ring (bicyclic) bond motifs is 1. The number of pyridine rings is 1. The van der Waals surface area contributed by atoms with Crippen LogP contribution in [0.2, 0.25) is 0 Å². The molecule has 1 atom stereocenters. The monoisotopic (exact) mass is 581 g/mol. The van der Waals surface area contributed by atoms with Gasteiger partial charge in [-0.2, -0.15) is 0 Å². The first-order valence-corrected chi connectivity index (χ1v) is 16.3. The van der Waals surface area contributed by atoms with Gasteiger partial charge in [0.1, 0.15) is 11.6 Å². The zero-order valence-corrected chi connectivity index (χ0v) is 27.5. The van der Waals surface area contributed by atoms with Crippen molar-refractivity contribution < 1.29 is 5.11 Å². The van der Waals surface area contributed by atoms with E-state index in [-0.39, 0.29) is 6.10 Å². The molecule has 42 heavy (non-hydrogen) atoms. The molecule has 1 aliphatic heterocycles. The highest BCUT2D eigenvalue weighted by Gasteiger charge is 2.22. The third kappa shape index (κ3) is 11.6. The minimum Gasteiger partial charge on any atom is -0.393 e. The van der Waals surface area contributed by atoms with Gasteiger partial charge in [0.25, 0.3) is 0 Å². The van der Waals surface area contributed by atoms with E-state index in [0.29, 0.717) is 0 Å². The van der Waals surface area contributed by atoms with Gasteiger partial charge in [0.2, 0.25) is 0 Å². The molecule has 1 aliphatic carbocycles. The van der Waals surface area contributed by atoms with Gasteiger partial charge in [-0.05, 0) is 90.7 Å². The topological polar surface area (TPSA) is 81.5 Å². The quantitative estimate of drug-likeness (QED) is 0.304. The molecule has 0 amide bonds. The number of aliphatic hydroxyl groups is 1. The summed E-state index contributed by atoms with van der Waals surface area (Å²) in [4.78, 5) is 14.0. The van der Waals surface area contributed by atoms with Crippen LogP contribution in [0.3, 0.4) is 0 Å². The number of aryl methyl sites for hydroxylation is 2. The second-order valence-electron chi connectivity index (χ2n) is 11.0. The minimum atomic E-state index is -0.172. The van der Waals surface area contributed by atoms with Crippen LogP contribution in [0, 0.1) is 0 Å². The van der Waals surface area contributed by atoms with Gasteiger partial charge in [0.15, 0.2) is 0 Å². The molecule has 8 heteroatoms. The Balaban J connectivity index is 0.000000423. The Labute approximate surface area is 256 Å². The predicted molar refractivity (Wildman–Crippen MR) is 177 cm³/mol. The molecule has 3 N–H and O–H groups in total. The van der Waals surface area contributed by atoms with E-state index >= 15 is 0 Å². The van der Waals surface area contributed by atoms with Gasteiger partial charge in [-0.15, -0.1) is 0 Å². The van der Waals surface area contributed by atoms with Crippen molar-refractivity contribution in [3.05, 3.63) is 65.5 Å². The molecule has 0 spiro atoms. The van der Waals surface area contributed by atoms with E-state index < -0.39 is 0 Å². The number of likely N-dealkylation sites (tertiary alicyclic amines) is 1. The summed E-state index contributed by atoms with van der Waals surface area (Å²) in [6.45, 7) is 18.9. The van der Waals surface area contributed by atoms with Crippen molar-refractivity contribution in [2.45, 2.75) is 98.3 Å². The number of nitrogens with zero attached hydrogens (tertiary/aromatic N) is 5. The highest BCUT2D eigenvalue weighted by molar-refractivity contribution is 5.45. The van der Waals surface area contributed by atoms with Crippen LogP contribution in [0.5, 0.6) is 0 Å². The molecule has 4 rings (SSSR count). The van der Waals surface area contributed by atoms with Gasteiger partial charge in [-0.3, -0.25) is 14.5 Å². The minimum absolute atomic E-state index is 0.172. The number of likely N-dealkylation sites (N-methyl/N-ethyl adjacent to an activating group) is 1. The lowest BCUT2D eigenvalue weighted by Crippen LogP contribution is -2.31. The van der Waals surface area contributed by atoms with Crippen molar-refractivity contribution in [3.8, 4) is 0 Å². The zero-order valence-electron chi connectivity index (χ0n) is 27.5. The summed E-state index contributed by atoms with van der Waals surface area (Å²) in [5.74, 6) is 1.91. The molecule has 1 unspecified atom stereocenters. The Morgan fingerprint density at radius 2 is 1.98 bits per heavy atom. The maximum atomic E-state index is 10.0. The molecular weight excluding hydrogens is 522 g/mol. The second-order valence-corrected chi connectivity index (χ2v) is 11.0. The van der Waals surface area contributed by atoms with E-state index in [2.05, 4.69) is 68.8 Å². The fourth-order valence-electron chi connectivity index (χ4n) is 5.37. The maximum absolute atomic E-state index is 10.0. The third-order valence-corrected chi connectivity index (χ3v) is 7.90.